The van der Waals surface area contributed by atoms with Gasteiger partial charge >= 0.3 is 0 Å². The number of aromatic amines is 1. The van der Waals surface area contributed by atoms with Gasteiger partial charge in [0.05, 0.1) is 17.3 Å². The fraction of sp³-hybridized carbons (Fsp3) is 0.462. The van der Waals surface area contributed by atoms with Gasteiger partial charge in [0.1, 0.15) is 0 Å². The third kappa shape index (κ3) is 2.21. The van der Waals surface area contributed by atoms with Gasteiger partial charge in [-0.15, -0.1) is 0 Å². The molecule has 1 aromatic carbocycles. The molecule has 0 unspecified atom stereocenters. The van der Waals surface area contributed by atoms with E-state index in [2.05, 4.69) is 10.2 Å². The molecule has 0 spiro atoms. The van der Waals surface area contributed by atoms with Crippen molar-refractivity contribution < 1.29 is 13.9 Å². The van der Waals surface area contributed by atoms with Crippen LogP contribution in [0.15, 0.2) is 18.3 Å². The van der Waals surface area contributed by atoms with Crippen molar-refractivity contribution in [2.24, 2.45) is 0 Å². The molecule has 0 atom stereocenters. The Morgan fingerprint density at radius 3 is 2.58 bits per heavy atom. The molecule has 1 aliphatic rings. The van der Waals surface area contributed by atoms with Crippen LogP contribution >= 0.6 is 11.6 Å². The van der Waals surface area contributed by atoms with E-state index < -0.39 is 11.5 Å². The smallest absolute Gasteiger partial charge is 0.248 e. The average Bonchev–Trinajstić information content (AvgIpc) is 2.80. The minimum Gasteiger partial charge on any atom is -0.385 e. The molecule has 1 saturated carbocycles. The number of fused-ring (bicyclic) bond motifs is 1. The van der Waals surface area contributed by atoms with E-state index in [-0.39, 0.29) is 25.7 Å². The second-order valence-corrected chi connectivity index (χ2v) is 5.61. The van der Waals surface area contributed by atoms with Crippen molar-refractivity contribution in [1.29, 1.82) is 0 Å². The minimum absolute atomic E-state index is 0.0284. The molecular formula is C13H13ClF2N2O. The molecule has 6 heteroatoms. The predicted molar refractivity (Wildman–Crippen MR) is 68.4 cm³/mol. The van der Waals surface area contributed by atoms with Crippen LogP contribution in [0.3, 0.4) is 0 Å². The van der Waals surface area contributed by atoms with Crippen molar-refractivity contribution in [2.45, 2.75) is 37.2 Å². The quantitative estimate of drug-likeness (QED) is 0.841. The van der Waals surface area contributed by atoms with Gasteiger partial charge in [-0.25, -0.2) is 8.78 Å². The largest absolute Gasteiger partial charge is 0.385 e. The van der Waals surface area contributed by atoms with Crippen molar-refractivity contribution in [3.8, 4) is 0 Å². The summed E-state index contributed by atoms with van der Waals surface area (Å²) in [6.45, 7) is 0. The lowest BCUT2D eigenvalue weighted by atomic mass is 9.77. The molecule has 102 valence electrons. The zero-order valence-electron chi connectivity index (χ0n) is 10.1. The average molecular weight is 287 g/mol. The number of alkyl halides is 2. The van der Waals surface area contributed by atoms with E-state index in [0.717, 1.165) is 5.39 Å². The first-order chi connectivity index (χ1) is 8.90. The van der Waals surface area contributed by atoms with E-state index in [4.69, 9.17) is 11.6 Å². The van der Waals surface area contributed by atoms with Gasteiger partial charge in [-0.1, -0.05) is 11.6 Å². The van der Waals surface area contributed by atoms with E-state index in [1.165, 1.54) is 0 Å². The summed E-state index contributed by atoms with van der Waals surface area (Å²) in [5.41, 5.74) is 0.0295. The SMILES string of the molecule is OC1(c2cc(Cl)cc3[nH]ncc23)CCC(F)(F)CC1. The minimum atomic E-state index is -2.68. The highest BCUT2D eigenvalue weighted by Crippen LogP contribution is 2.45. The topological polar surface area (TPSA) is 48.9 Å². The van der Waals surface area contributed by atoms with Crippen LogP contribution in [0.25, 0.3) is 10.9 Å². The Bertz CT molecular complexity index is 616. The fourth-order valence-electron chi connectivity index (χ4n) is 2.70. The second kappa shape index (κ2) is 4.15. The van der Waals surface area contributed by atoms with Crippen LogP contribution < -0.4 is 0 Å². The first-order valence-corrected chi connectivity index (χ1v) is 6.51. The number of hydrogen-bond acceptors (Lipinski definition) is 2. The second-order valence-electron chi connectivity index (χ2n) is 5.17. The molecule has 1 aliphatic carbocycles. The van der Waals surface area contributed by atoms with Crippen molar-refractivity contribution in [1.82, 2.24) is 10.2 Å². The Kier molecular flexibility index (Phi) is 2.80. The number of rotatable bonds is 1. The molecule has 1 aromatic heterocycles. The number of nitrogens with zero attached hydrogens (tertiary/aromatic N) is 1. The number of benzene rings is 1. The van der Waals surface area contributed by atoms with E-state index in [1.54, 1.807) is 18.3 Å². The van der Waals surface area contributed by atoms with Crippen molar-refractivity contribution in [2.75, 3.05) is 0 Å². The zero-order chi connectivity index (χ0) is 13.7. The maximum absolute atomic E-state index is 13.2. The van der Waals surface area contributed by atoms with Crippen LogP contribution in [0, 0.1) is 0 Å². The molecule has 19 heavy (non-hydrogen) atoms. The third-order valence-electron chi connectivity index (χ3n) is 3.83. The monoisotopic (exact) mass is 286 g/mol. The molecule has 2 aromatic rings. The summed E-state index contributed by atoms with van der Waals surface area (Å²) in [5.74, 6) is -2.68. The Morgan fingerprint density at radius 2 is 1.89 bits per heavy atom. The van der Waals surface area contributed by atoms with Gasteiger partial charge in [0.2, 0.25) is 5.92 Å². The third-order valence-corrected chi connectivity index (χ3v) is 4.05. The molecule has 3 rings (SSSR count). The van der Waals surface area contributed by atoms with E-state index in [9.17, 15) is 13.9 Å². The lowest BCUT2D eigenvalue weighted by molar-refractivity contribution is -0.106. The summed E-state index contributed by atoms with van der Waals surface area (Å²) in [5, 5.41) is 18.6. The standard InChI is InChI=1S/C13H13ClF2N2O/c14-8-5-10(9-7-17-18-11(9)6-8)12(19)1-3-13(15,16)4-2-12/h5-7,19H,1-4H2,(H,17,18). The highest BCUT2D eigenvalue weighted by molar-refractivity contribution is 6.31. The van der Waals surface area contributed by atoms with Gasteiger partial charge in [-0.2, -0.15) is 5.10 Å². The molecule has 1 heterocycles. The number of H-pyrrole nitrogens is 1. The maximum Gasteiger partial charge on any atom is 0.248 e. The highest BCUT2D eigenvalue weighted by Gasteiger charge is 2.44. The highest BCUT2D eigenvalue weighted by atomic mass is 35.5. The van der Waals surface area contributed by atoms with Crippen molar-refractivity contribution >= 4 is 22.5 Å². The molecule has 1 fully saturated rings. The lowest BCUT2D eigenvalue weighted by Crippen LogP contribution is -2.36. The predicted octanol–water partition coefficient (Wildman–Crippen LogP) is 3.61. The first-order valence-electron chi connectivity index (χ1n) is 6.13. The molecule has 0 saturated heterocycles. The molecule has 0 bridgehead atoms. The van der Waals surface area contributed by atoms with Crippen molar-refractivity contribution in [3.63, 3.8) is 0 Å². The van der Waals surface area contributed by atoms with Crippen LogP contribution in [0.1, 0.15) is 31.2 Å². The van der Waals surface area contributed by atoms with Gasteiger partial charge < -0.3 is 5.11 Å². The van der Waals surface area contributed by atoms with Crippen LogP contribution in [0.4, 0.5) is 8.78 Å². The summed E-state index contributed by atoms with van der Waals surface area (Å²) >= 11 is 6.01. The number of nitrogens with one attached hydrogen (secondary N) is 1. The number of aromatic nitrogens is 2. The van der Waals surface area contributed by atoms with Crippen molar-refractivity contribution in [3.05, 3.63) is 28.9 Å². The molecule has 0 aliphatic heterocycles. The van der Waals surface area contributed by atoms with Crippen LogP contribution in [0.5, 0.6) is 0 Å². The van der Waals surface area contributed by atoms with Crippen LogP contribution in [0.2, 0.25) is 5.02 Å². The number of hydrogen-bond donors (Lipinski definition) is 2. The molecule has 3 nitrogen and oxygen atoms in total. The summed E-state index contributed by atoms with van der Waals surface area (Å²) in [6, 6.07) is 3.34. The zero-order valence-corrected chi connectivity index (χ0v) is 10.8. The molecule has 0 radical (unpaired) electrons. The Hall–Kier alpha value is -1.20. The van der Waals surface area contributed by atoms with E-state index >= 15 is 0 Å². The normalized spacial score (nSPS) is 21.7. The lowest BCUT2D eigenvalue weighted by Gasteiger charge is -2.36. The van der Waals surface area contributed by atoms with Crippen LogP contribution in [-0.4, -0.2) is 21.2 Å². The summed E-state index contributed by atoms with van der Waals surface area (Å²) in [7, 11) is 0. The van der Waals surface area contributed by atoms with E-state index in [0.29, 0.717) is 16.1 Å². The number of halogens is 3. The van der Waals surface area contributed by atoms with Gasteiger partial charge in [0, 0.05) is 23.3 Å². The number of aliphatic hydroxyl groups is 1. The van der Waals surface area contributed by atoms with Gasteiger partial charge in [0.15, 0.2) is 0 Å². The summed E-state index contributed by atoms with van der Waals surface area (Å²) < 4.78 is 26.5. The first kappa shape index (κ1) is 12.8. The van der Waals surface area contributed by atoms with Gasteiger partial charge in [-0.3, -0.25) is 5.10 Å². The molecule has 2 N–H and O–H groups in total. The fourth-order valence-corrected chi connectivity index (χ4v) is 2.92. The Morgan fingerprint density at radius 1 is 1.21 bits per heavy atom. The maximum atomic E-state index is 13.2. The summed E-state index contributed by atoms with van der Waals surface area (Å²) in [4.78, 5) is 0. The Labute approximate surface area is 113 Å². The van der Waals surface area contributed by atoms with Gasteiger partial charge in [0.25, 0.3) is 0 Å². The Balaban J connectivity index is 2.06. The van der Waals surface area contributed by atoms with Crippen LogP contribution in [-0.2, 0) is 5.60 Å². The van der Waals surface area contributed by atoms with E-state index in [1.807, 2.05) is 0 Å². The molecule has 0 amide bonds. The molecular weight excluding hydrogens is 274 g/mol. The van der Waals surface area contributed by atoms with Gasteiger partial charge in [-0.05, 0) is 30.5 Å². The summed E-state index contributed by atoms with van der Waals surface area (Å²) in [6.07, 6.45) is 1.03.